The molecule has 1 aliphatic heterocycles. The van der Waals surface area contributed by atoms with Gasteiger partial charge in [0.05, 0.1) is 25.0 Å². The van der Waals surface area contributed by atoms with Crippen molar-refractivity contribution < 1.29 is 28.5 Å². The van der Waals surface area contributed by atoms with E-state index in [1.807, 2.05) is 0 Å². The summed E-state index contributed by atoms with van der Waals surface area (Å²) in [6.07, 6.45) is 2.27. The van der Waals surface area contributed by atoms with Crippen molar-refractivity contribution in [2.45, 2.75) is 18.3 Å². The average Bonchev–Trinajstić information content (AvgIpc) is 2.97. The highest BCUT2D eigenvalue weighted by atomic mass is 16.7. The molecule has 4 aliphatic rings. The van der Waals surface area contributed by atoms with Crippen molar-refractivity contribution in [3.05, 3.63) is 11.6 Å². The van der Waals surface area contributed by atoms with Gasteiger partial charge in [0.15, 0.2) is 0 Å². The predicted molar refractivity (Wildman–Crippen MR) is 66.7 cm³/mol. The molecule has 4 rings (SSSR count). The van der Waals surface area contributed by atoms with Crippen molar-refractivity contribution in [3.63, 3.8) is 0 Å². The van der Waals surface area contributed by atoms with Gasteiger partial charge in [0, 0.05) is 32.3 Å². The smallest absolute Gasteiger partial charge is 0.333 e. The van der Waals surface area contributed by atoms with Crippen molar-refractivity contribution in [2.24, 2.45) is 17.8 Å². The topological polar surface area (TPSA) is 71.1 Å². The summed E-state index contributed by atoms with van der Waals surface area (Å²) in [6, 6.07) is 0. The number of esters is 1. The highest BCUT2D eigenvalue weighted by molar-refractivity contribution is 6.00. The number of carbonyl (C=O) groups is 2. The van der Waals surface area contributed by atoms with E-state index in [0.29, 0.717) is 12.2 Å². The third-order valence-corrected chi connectivity index (χ3v) is 4.74. The quantitative estimate of drug-likeness (QED) is 0.548. The second-order valence-corrected chi connectivity index (χ2v) is 5.34. The van der Waals surface area contributed by atoms with Crippen LogP contribution in [-0.4, -0.2) is 51.6 Å². The molecule has 0 aromatic heterocycles. The summed E-state index contributed by atoms with van der Waals surface area (Å²) in [5, 5.41) is 0. The number of hydrogen-bond acceptors (Lipinski definition) is 6. The van der Waals surface area contributed by atoms with Crippen LogP contribution in [0.15, 0.2) is 11.6 Å². The van der Waals surface area contributed by atoms with Crippen molar-refractivity contribution in [1.29, 1.82) is 0 Å². The number of ketones is 1. The summed E-state index contributed by atoms with van der Waals surface area (Å²) < 4.78 is 21.4. The van der Waals surface area contributed by atoms with Gasteiger partial charge >= 0.3 is 5.97 Å². The first-order chi connectivity index (χ1) is 9.60. The lowest BCUT2D eigenvalue weighted by molar-refractivity contribution is -0.253. The van der Waals surface area contributed by atoms with Gasteiger partial charge in [-0.05, 0) is 6.42 Å². The maximum Gasteiger partial charge on any atom is 0.333 e. The van der Waals surface area contributed by atoms with Crippen LogP contribution in [0.2, 0.25) is 0 Å². The normalized spacial score (nSPS) is 37.5. The summed E-state index contributed by atoms with van der Waals surface area (Å²) in [7, 11) is 4.20. The van der Waals surface area contributed by atoms with Gasteiger partial charge in [-0.3, -0.25) is 4.79 Å². The SMILES string of the molecule is COC(=O)C1=C[C@H]2C(=O)C(OC)(OC)[C@@H]1[C@H]1CCO[C@H]12. The van der Waals surface area contributed by atoms with E-state index < -0.39 is 23.6 Å². The molecule has 1 saturated heterocycles. The number of carbonyl (C=O) groups excluding carboxylic acids is 2. The molecule has 0 unspecified atom stereocenters. The van der Waals surface area contributed by atoms with Crippen LogP contribution in [0.1, 0.15) is 6.42 Å². The molecular weight excluding hydrogens is 264 g/mol. The Hall–Kier alpha value is -1.24. The molecule has 0 aromatic rings. The molecule has 110 valence electrons. The second kappa shape index (κ2) is 4.65. The van der Waals surface area contributed by atoms with Gasteiger partial charge in [-0.1, -0.05) is 6.08 Å². The molecule has 20 heavy (non-hydrogen) atoms. The van der Waals surface area contributed by atoms with E-state index >= 15 is 0 Å². The minimum Gasteiger partial charge on any atom is -0.466 e. The summed E-state index contributed by atoms with van der Waals surface area (Å²) in [6.45, 7) is 0.585. The van der Waals surface area contributed by atoms with E-state index in [-0.39, 0.29) is 17.8 Å². The number of hydrogen-bond donors (Lipinski definition) is 0. The highest BCUT2D eigenvalue weighted by Gasteiger charge is 2.66. The number of fused-ring (bicyclic) bond motifs is 1. The van der Waals surface area contributed by atoms with Crippen molar-refractivity contribution in [2.75, 3.05) is 27.9 Å². The Morgan fingerprint density at radius 1 is 1.35 bits per heavy atom. The largest absolute Gasteiger partial charge is 0.466 e. The predicted octanol–water partition coefficient (Wildman–Crippen LogP) is 0.309. The lowest BCUT2D eigenvalue weighted by Crippen LogP contribution is -2.65. The Morgan fingerprint density at radius 2 is 2.05 bits per heavy atom. The van der Waals surface area contributed by atoms with E-state index in [0.717, 1.165) is 6.42 Å². The molecule has 0 radical (unpaired) electrons. The maximum atomic E-state index is 12.6. The van der Waals surface area contributed by atoms with Crippen LogP contribution < -0.4 is 0 Å². The van der Waals surface area contributed by atoms with Crippen LogP contribution in [0, 0.1) is 17.8 Å². The zero-order chi connectivity index (χ0) is 14.5. The molecule has 1 saturated carbocycles. The molecule has 0 aromatic carbocycles. The lowest BCUT2D eigenvalue weighted by Gasteiger charge is -2.51. The molecule has 6 nitrogen and oxygen atoms in total. The molecular formula is C14H18O6. The van der Waals surface area contributed by atoms with Gasteiger partial charge in [-0.2, -0.15) is 0 Å². The third-order valence-electron chi connectivity index (χ3n) is 4.74. The van der Waals surface area contributed by atoms with Gasteiger partial charge in [-0.25, -0.2) is 4.79 Å². The van der Waals surface area contributed by atoms with Crippen molar-refractivity contribution in [1.82, 2.24) is 0 Å². The fraction of sp³-hybridized carbons (Fsp3) is 0.714. The van der Waals surface area contributed by atoms with Crippen LogP contribution in [0.4, 0.5) is 0 Å². The molecule has 2 fully saturated rings. The van der Waals surface area contributed by atoms with Gasteiger partial charge in [-0.15, -0.1) is 0 Å². The second-order valence-electron chi connectivity index (χ2n) is 5.34. The Bertz CT molecular complexity index is 478. The molecule has 1 heterocycles. The minimum absolute atomic E-state index is 0.0386. The summed E-state index contributed by atoms with van der Waals surface area (Å²) >= 11 is 0. The molecule has 2 bridgehead atoms. The monoisotopic (exact) mass is 282 g/mol. The average molecular weight is 282 g/mol. The fourth-order valence-electron chi connectivity index (χ4n) is 3.93. The van der Waals surface area contributed by atoms with Crippen LogP contribution in [0.3, 0.4) is 0 Å². The van der Waals surface area contributed by atoms with Crippen molar-refractivity contribution in [3.8, 4) is 0 Å². The number of methoxy groups -OCH3 is 3. The maximum absolute atomic E-state index is 12.6. The number of rotatable bonds is 3. The number of Topliss-reactive ketones (excluding diaryl/α,β-unsaturated/α-hetero) is 1. The highest BCUT2D eigenvalue weighted by Crippen LogP contribution is 2.54. The molecule has 0 spiro atoms. The van der Waals surface area contributed by atoms with Crippen LogP contribution in [0.25, 0.3) is 0 Å². The van der Waals surface area contributed by atoms with Crippen molar-refractivity contribution >= 4 is 11.8 Å². The zero-order valence-corrected chi connectivity index (χ0v) is 11.8. The van der Waals surface area contributed by atoms with E-state index in [1.165, 1.54) is 21.3 Å². The fourth-order valence-corrected chi connectivity index (χ4v) is 3.93. The molecule has 6 heteroatoms. The van der Waals surface area contributed by atoms with Gasteiger partial charge < -0.3 is 18.9 Å². The van der Waals surface area contributed by atoms with E-state index in [9.17, 15) is 9.59 Å². The molecule has 4 atom stereocenters. The van der Waals surface area contributed by atoms with E-state index in [4.69, 9.17) is 18.9 Å². The van der Waals surface area contributed by atoms with Gasteiger partial charge in [0.1, 0.15) is 0 Å². The van der Waals surface area contributed by atoms with E-state index in [2.05, 4.69) is 0 Å². The Balaban J connectivity index is 2.13. The first-order valence-corrected chi connectivity index (χ1v) is 6.67. The summed E-state index contributed by atoms with van der Waals surface area (Å²) in [4.78, 5) is 24.7. The molecule has 3 aliphatic carbocycles. The van der Waals surface area contributed by atoms with Crippen LogP contribution in [-0.2, 0) is 28.5 Å². The Labute approximate surface area is 117 Å². The Morgan fingerprint density at radius 3 is 2.65 bits per heavy atom. The first kappa shape index (κ1) is 13.7. The lowest BCUT2D eigenvalue weighted by atomic mass is 9.59. The number of ether oxygens (including phenoxy) is 4. The van der Waals surface area contributed by atoms with Crippen LogP contribution in [0.5, 0.6) is 0 Å². The standard InChI is InChI=1S/C14H18O6/c1-17-13(16)8-6-9-11-7(4-5-20-11)10(8)14(18-2,19-3)12(9)15/h6-7,9-11H,4-5H2,1-3H3/t7-,9-,10-,11-/m1/s1. The van der Waals surface area contributed by atoms with Gasteiger partial charge in [0.25, 0.3) is 0 Å². The summed E-state index contributed by atoms with van der Waals surface area (Å²) in [5.74, 6) is -2.97. The molecule has 0 amide bonds. The van der Waals surface area contributed by atoms with Gasteiger partial charge in [0.2, 0.25) is 11.6 Å². The first-order valence-electron chi connectivity index (χ1n) is 6.67. The third kappa shape index (κ3) is 1.50. The summed E-state index contributed by atoms with van der Waals surface area (Å²) in [5.41, 5.74) is 0.465. The van der Waals surface area contributed by atoms with Crippen LogP contribution >= 0.6 is 0 Å². The minimum atomic E-state index is -1.40. The Kier molecular flexibility index (Phi) is 3.19. The zero-order valence-electron chi connectivity index (χ0n) is 11.8. The molecule has 0 N–H and O–H groups in total. The van der Waals surface area contributed by atoms with E-state index in [1.54, 1.807) is 6.08 Å².